The normalized spacial score (nSPS) is 12.8. The first-order valence-electron chi connectivity index (χ1n) is 58.8. The van der Waals surface area contributed by atoms with Gasteiger partial charge in [0.1, 0.15) is 0 Å². The van der Waals surface area contributed by atoms with E-state index in [9.17, 15) is 0 Å². The molecule has 141 heavy (non-hydrogen) atoms. The van der Waals surface area contributed by atoms with Crippen molar-refractivity contribution in [2.75, 3.05) is 0 Å². The van der Waals surface area contributed by atoms with E-state index in [1.54, 1.807) is 16.7 Å². The maximum atomic E-state index is 2.68. The average molecular weight is 1880 g/mol. The molecule has 2 aliphatic rings. The molecule has 0 heteroatoms. The Morgan fingerprint density at radius 3 is 0.638 bits per heavy atom. The van der Waals surface area contributed by atoms with Gasteiger partial charge < -0.3 is 0 Å². The van der Waals surface area contributed by atoms with Crippen LogP contribution in [-0.2, 0) is 62.2 Å². The molecule has 0 N–H and O–H groups in total. The largest absolute Gasteiger partial charge is 0.0654 e. The lowest BCUT2D eigenvalue weighted by Crippen LogP contribution is -2.25. The molecule has 0 amide bonds. The standard InChI is InChI=1S/C141H184/c1-14-24-34-44-46-58-92-141(93-59-47-45-35-25-15-2)136-69-57-56-68-125(136)128-91-88-117(104-139(128)141)116-87-90-127-126-89-86-115(102-137(126)140(12,13)138(127)103-116)106-70-72-107(73-71-106)130-96-120(63-51-39-29-19-6)131(97-119(130)62-50-38-28-18-5)110-78-80-111(81-79-110)134-100-124(67-55-43-33-23-10)135(101-123(134)66-54-42-32-22-9)113-84-82-112(83-85-113)133-99-121(64-52-40-30-20-7)132(98-122(133)65-53-41-31-21-8)109-76-74-108(75-77-109)129-95-114(60-48-36-26-16-3)105(11)94-118(129)61-49-37-27-17-4/h56-57,68-91,94-104H,14-55,58-67,92-93H2,1-13H3. The third-order valence-electron chi connectivity index (χ3n) is 33.2. The summed E-state index contributed by atoms with van der Waals surface area (Å²) in [6, 6.07) is 93.2. The summed E-state index contributed by atoms with van der Waals surface area (Å²) in [5.41, 5.74) is 50.1. The quantitative estimate of drug-likeness (QED) is 0.0333. The monoisotopic (exact) mass is 1880 g/mol. The van der Waals surface area contributed by atoms with Gasteiger partial charge in [0.05, 0.1) is 0 Å². The number of hydrogen-bond donors (Lipinski definition) is 0. The first kappa shape index (κ1) is 107. The molecule has 0 saturated heterocycles. The van der Waals surface area contributed by atoms with Gasteiger partial charge in [0.25, 0.3) is 0 Å². The van der Waals surface area contributed by atoms with Crippen LogP contribution in [0.4, 0.5) is 0 Å². The average Bonchev–Trinajstić information content (AvgIpc) is 1.56. The molecule has 0 heterocycles. The highest BCUT2D eigenvalue weighted by Gasteiger charge is 2.43. The van der Waals surface area contributed by atoms with Gasteiger partial charge in [-0.1, -0.05) is 520 Å². The lowest BCUT2D eigenvalue weighted by atomic mass is 9.70. The topological polar surface area (TPSA) is 0 Å². The number of fused-ring (bicyclic) bond motifs is 6. The van der Waals surface area contributed by atoms with Gasteiger partial charge in [-0.25, -0.2) is 0 Å². The Morgan fingerprint density at radius 1 is 0.156 bits per heavy atom. The van der Waals surface area contributed by atoms with E-state index in [1.165, 1.54) is 480 Å². The number of benzene rings is 12. The van der Waals surface area contributed by atoms with Gasteiger partial charge in [-0.15, -0.1) is 0 Å². The third-order valence-corrected chi connectivity index (χ3v) is 33.2. The van der Waals surface area contributed by atoms with Crippen molar-refractivity contribution in [2.24, 2.45) is 0 Å². The summed E-state index contributed by atoms with van der Waals surface area (Å²) in [5.74, 6) is 0. The zero-order valence-electron chi connectivity index (χ0n) is 91.0. The minimum atomic E-state index is -0.164. The molecule has 12 aromatic carbocycles. The van der Waals surface area contributed by atoms with Crippen LogP contribution in [0.5, 0.6) is 0 Å². The number of rotatable bonds is 63. The summed E-state index contributed by atoms with van der Waals surface area (Å²) in [6.45, 7) is 30.9. The van der Waals surface area contributed by atoms with E-state index in [0.717, 1.165) is 44.9 Å². The summed E-state index contributed by atoms with van der Waals surface area (Å²) < 4.78 is 0. The molecule has 12 aromatic rings. The molecule has 0 aliphatic heterocycles. The molecule has 14 rings (SSSR count). The Labute approximate surface area is 860 Å². The van der Waals surface area contributed by atoms with E-state index in [0.29, 0.717) is 0 Å². The number of hydrogen-bond acceptors (Lipinski definition) is 0. The molecular formula is C141H184. The molecule has 0 saturated carbocycles. The fourth-order valence-electron chi connectivity index (χ4n) is 24.6. The van der Waals surface area contributed by atoms with Crippen molar-refractivity contribution in [1.29, 1.82) is 0 Å². The van der Waals surface area contributed by atoms with Gasteiger partial charge in [-0.3, -0.25) is 0 Å². The minimum absolute atomic E-state index is 0.0561. The zero-order valence-corrected chi connectivity index (χ0v) is 91.0. The van der Waals surface area contributed by atoms with Gasteiger partial charge in [0, 0.05) is 10.8 Å². The second kappa shape index (κ2) is 55.6. The van der Waals surface area contributed by atoms with Crippen molar-refractivity contribution in [3.63, 3.8) is 0 Å². The van der Waals surface area contributed by atoms with Crippen molar-refractivity contribution in [3.8, 4) is 122 Å². The zero-order chi connectivity index (χ0) is 98.6. The van der Waals surface area contributed by atoms with E-state index >= 15 is 0 Å². The van der Waals surface area contributed by atoms with Crippen LogP contribution in [0.3, 0.4) is 0 Å². The van der Waals surface area contributed by atoms with E-state index < -0.39 is 0 Å². The van der Waals surface area contributed by atoms with Crippen LogP contribution in [-0.4, -0.2) is 0 Å². The molecule has 0 unspecified atom stereocenters. The molecule has 0 bridgehead atoms. The van der Waals surface area contributed by atoms with Crippen LogP contribution in [0.15, 0.2) is 224 Å². The maximum Gasteiger partial charge on any atom is 0.0215 e. The predicted molar refractivity (Wildman–Crippen MR) is 623 cm³/mol. The Hall–Kier alpha value is -9.36. The second-order valence-corrected chi connectivity index (χ2v) is 44.3. The van der Waals surface area contributed by atoms with Crippen molar-refractivity contribution in [2.45, 2.75) is 448 Å². The first-order valence-corrected chi connectivity index (χ1v) is 58.8. The van der Waals surface area contributed by atoms with Gasteiger partial charge in [-0.05, 0) is 335 Å². The fraction of sp³-hybridized carbons (Fsp3) is 0.489. The van der Waals surface area contributed by atoms with Crippen LogP contribution in [0.1, 0.15) is 451 Å². The summed E-state index contributed by atoms with van der Waals surface area (Å²) in [5, 5.41) is 0. The van der Waals surface area contributed by atoms with E-state index in [2.05, 4.69) is 314 Å². The lowest BCUT2D eigenvalue weighted by molar-refractivity contribution is 0.398. The van der Waals surface area contributed by atoms with Gasteiger partial charge in [-0.2, -0.15) is 0 Å². The van der Waals surface area contributed by atoms with Crippen LogP contribution in [0, 0.1) is 6.92 Å². The molecule has 0 aromatic heterocycles. The Balaban J connectivity index is 0.760. The Morgan fingerprint density at radius 2 is 0.355 bits per heavy atom. The van der Waals surface area contributed by atoms with Crippen LogP contribution in [0.25, 0.3) is 122 Å². The van der Waals surface area contributed by atoms with E-state index in [4.69, 9.17) is 0 Å². The van der Waals surface area contributed by atoms with E-state index in [-0.39, 0.29) is 10.8 Å². The second-order valence-electron chi connectivity index (χ2n) is 44.3. The Bertz CT molecular complexity index is 5810. The summed E-state index contributed by atoms with van der Waals surface area (Å²) in [4.78, 5) is 0. The SMILES string of the molecule is CCCCCCCCC1(CCCCCCCC)c2ccccc2-c2ccc(-c3ccc4c(c3)C(C)(C)c3cc(-c5ccc(-c6cc(CCCCCC)c(-c7ccc(-c8cc(CCCCCC)c(-c9ccc(-c%10cc(CCCCCC)c(-c%11ccc(-c%12cc(CCCCCC)c(C)cc%12CCCCCC)cc%11)cc%10CCCCCC)cc9)cc8CCCCCC)cc7)cc6CCCCCC)cc5)ccc3-4)cc21. The molecule has 0 atom stereocenters. The number of unbranched alkanes of at least 4 members (excludes halogenated alkanes) is 34. The molecule has 0 nitrogen and oxygen atoms in total. The molecule has 0 spiro atoms. The third kappa shape index (κ3) is 27.8. The highest BCUT2D eigenvalue weighted by atomic mass is 14.5. The molecule has 2 aliphatic carbocycles. The molecule has 748 valence electrons. The molecular weight excluding hydrogens is 1690 g/mol. The van der Waals surface area contributed by atoms with Crippen LogP contribution in [0.2, 0.25) is 0 Å². The molecule has 0 radical (unpaired) electrons. The maximum absolute atomic E-state index is 2.68. The van der Waals surface area contributed by atoms with Crippen molar-refractivity contribution >= 4 is 0 Å². The number of aryl methyl sites for hydroxylation is 9. The predicted octanol–water partition coefficient (Wildman–Crippen LogP) is 44.1. The van der Waals surface area contributed by atoms with Gasteiger partial charge in [0.15, 0.2) is 0 Å². The Kier molecular flexibility index (Phi) is 42.4. The van der Waals surface area contributed by atoms with Crippen molar-refractivity contribution < 1.29 is 0 Å². The fourth-order valence-corrected chi connectivity index (χ4v) is 24.6. The van der Waals surface area contributed by atoms with Crippen molar-refractivity contribution in [1.82, 2.24) is 0 Å². The molecule has 0 fully saturated rings. The van der Waals surface area contributed by atoms with E-state index in [1.807, 2.05) is 0 Å². The smallest absolute Gasteiger partial charge is 0.0215 e. The van der Waals surface area contributed by atoms with Crippen molar-refractivity contribution in [3.05, 3.63) is 297 Å². The lowest BCUT2D eigenvalue weighted by Gasteiger charge is -2.33. The highest BCUT2D eigenvalue weighted by Crippen LogP contribution is 2.57. The van der Waals surface area contributed by atoms with Crippen LogP contribution >= 0.6 is 0 Å². The van der Waals surface area contributed by atoms with Gasteiger partial charge >= 0.3 is 0 Å². The highest BCUT2D eigenvalue weighted by molar-refractivity contribution is 5.90. The minimum Gasteiger partial charge on any atom is -0.0654 e. The van der Waals surface area contributed by atoms with Crippen LogP contribution < -0.4 is 0 Å². The summed E-state index contributed by atoms with van der Waals surface area (Å²) in [6.07, 6.45) is 67.6. The first-order chi connectivity index (χ1) is 69.2. The summed E-state index contributed by atoms with van der Waals surface area (Å²) in [7, 11) is 0. The summed E-state index contributed by atoms with van der Waals surface area (Å²) >= 11 is 0. The van der Waals surface area contributed by atoms with Gasteiger partial charge in [0.2, 0.25) is 0 Å².